The number of carbonyl (C=O) groups excluding carboxylic acids is 1. The van der Waals surface area contributed by atoms with E-state index in [4.69, 9.17) is 27.9 Å². The Balaban J connectivity index is 2.26. The average molecular weight is 571 g/mol. The van der Waals surface area contributed by atoms with Crippen LogP contribution in [0.4, 0.5) is 0 Å². The molecule has 0 spiro atoms. The van der Waals surface area contributed by atoms with Gasteiger partial charge in [0.15, 0.2) is 9.84 Å². The van der Waals surface area contributed by atoms with Gasteiger partial charge in [0, 0.05) is 16.1 Å². The van der Waals surface area contributed by atoms with Crippen LogP contribution in [0.1, 0.15) is 70.7 Å². The van der Waals surface area contributed by atoms with E-state index in [2.05, 4.69) is 0 Å². The Morgan fingerprint density at radius 1 is 1.08 bits per heavy atom. The standard InChI is InChI=1S/C27H33Cl2NO6S/c1-6-21(16(2)37(34,35)27(3,4)5)30-24(17-10-12-19(28)13-11-17)25(18-8-7-9-20(29)14-18)36-22(26(30)33)15-23(31)32/h7-14,16,21-22,24-25H,6,15H2,1-5H3,(H,31,32)/t16-,21-,22+,24-,25-/m1/s1. The number of carbonyl (C=O) groups is 2. The van der Waals surface area contributed by atoms with Crippen molar-refractivity contribution in [2.45, 2.75) is 81.7 Å². The minimum Gasteiger partial charge on any atom is -0.481 e. The third-order valence-corrected chi connectivity index (χ3v) is 10.3. The van der Waals surface area contributed by atoms with Crippen LogP contribution in [0, 0.1) is 0 Å². The monoisotopic (exact) mass is 569 g/mol. The third kappa shape index (κ3) is 6.14. The van der Waals surface area contributed by atoms with Crippen molar-refractivity contribution >= 4 is 44.9 Å². The SMILES string of the molecule is CC[C@H]([C@@H](C)S(=O)(=O)C(C)(C)C)N1C(=O)[C@H](CC(=O)O)O[C@H](c2cccc(Cl)c2)[C@H]1c1ccc(Cl)cc1. The number of rotatable bonds is 8. The Morgan fingerprint density at radius 2 is 1.70 bits per heavy atom. The molecule has 1 amide bonds. The van der Waals surface area contributed by atoms with E-state index < -0.39 is 62.4 Å². The van der Waals surface area contributed by atoms with Gasteiger partial charge in [-0.15, -0.1) is 0 Å². The lowest BCUT2D eigenvalue weighted by molar-refractivity contribution is -0.183. The first-order valence-corrected chi connectivity index (χ1v) is 14.4. The number of amides is 1. The first-order chi connectivity index (χ1) is 17.2. The highest BCUT2D eigenvalue weighted by molar-refractivity contribution is 7.93. The Hall–Kier alpha value is -2.13. The molecule has 37 heavy (non-hydrogen) atoms. The van der Waals surface area contributed by atoms with Gasteiger partial charge in [-0.25, -0.2) is 8.42 Å². The summed E-state index contributed by atoms with van der Waals surface area (Å²) in [6.07, 6.45) is -2.34. The van der Waals surface area contributed by atoms with E-state index in [1.54, 1.807) is 76.2 Å². The quantitative estimate of drug-likeness (QED) is 0.427. The summed E-state index contributed by atoms with van der Waals surface area (Å²) in [6.45, 7) is 8.32. The second-order valence-electron chi connectivity index (χ2n) is 10.3. The van der Waals surface area contributed by atoms with Gasteiger partial charge in [-0.05, 0) is 69.5 Å². The summed E-state index contributed by atoms with van der Waals surface area (Å²) >= 11 is 12.4. The lowest BCUT2D eigenvalue weighted by atomic mass is 9.89. The number of morpholine rings is 1. The molecule has 0 radical (unpaired) electrons. The molecule has 1 saturated heterocycles. The van der Waals surface area contributed by atoms with E-state index >= 15 is 0 Å². The van der Waals surface area contributed by atoms with Crippen LogP contribution in [0.15, 0.2) is 48.5 Å². The third-order valence-electron chi connectivity index (χ3n) is 6.84. The van der Waals surface area contributed by atoms with Crippen LogP contribution in [0.2, 0.25) is 10.0 Å². The Bertz CT molecular complexity index is 1240. The van der Waals surface area contributed by atoms with E-state index in [9.17, 15) is 23.1 Å². The molecule has 10 heteroatoms. The molecule has 1 N–H and O–H groups in total. The van der Waals surface area contributed by atoms with Gasteiger partial charge < -0.3 is 14.7 Å². The van der Waals surface area contributed by atoms with Gasteiger partial charge in [-0.2, -0.15) is 0 Å². The average Bonchev–Trinajstić information content (AvgIpc) is 2.81. The van der Waals surface area contributed by atoms with Crippen molar-refractivity contribution in [2.75, 3.05) is 0 Å². The van der Waals surface area contributed by atoms with Gasteiger partial charge >= 0.3 is 5.97 Å². The summed E-state index contributed by atoms with van der Waals surface area (Å²) in [5, 5.41) is 9.56. The zero-order valence-corrected chi connectivity index (χ0v) is 23.8. The topological polar surface area (TPSA) is 101 Å². The highest BCUT2D eigenvalue weighted by Gasteiger charge is 2.50. The molecule has 0 aromatic heterocycles. The van der Waals surface area contributed by atoms with Gasteiger partial charge in [0.2, 0.25) is 0 Å². The fourth-order valence-electron chi connectivity index (χ4n) is 4.88. The maximum absolute atomic E-state index is 13.9. The van der Waals surface area contributed by atoms with Crippen LogP contribution in [-0.4, -0.2) is 52.4 Å². The normalized spacial score (nSPS) is 22.5. The highest BCUT2D eigenvalue weighted by Crippen LogP contribution is 2.45. The fraction of sp³-hybridized carbons (Fsp3) is 0.481. The zero-order chi connectivity index (χ0) is 27.7. The summed E-state index contributed by atoms with van der Waals surface area (Å²) in [5.41, 5.74) is 1.32. The molecule has 3 rings (SSSR count). The van der Waals surface area contributed by atoms with Crippen LogP contribution < -0.4 is 0 Å². The van der Waals surface area contributed by atoms with Crippen molar-refractivity contribution in [3.05, 3.63) is 69.7 Å². The van der Waals surface area contributed by atoms with Gasteiger partial charge in [-0.1, -0.05) is 54.4 Å². The largest absolute Gasteiger partial charge is 0.481 e. The summed E-state index contributed by atoms with van der Waals surface area (Å²) < 4.78 is 32.2. The molecule has 0 unspecified atom stereocenters. The molecule has 202 valence electrons. The molecular weight excluding hydrogens is 537 g/mol. The second kappa shape index (κ2) is 11.3. The van der Waals surface area contributed by atoms with Gasteiger partial charge in [0.25, 0.3) is 5.91 Å². The number of carboxylic acid groups (broad SMARTS) is 1. The first kappa shape index (κ1) is 29.4. The number of benzene rings is 2. The van der Waals surface area contributed by atoms with Crippen LogP contribution in [-0.2, 0) is 24.2 Å². The number of carboxylic acids is 1. The molecule has 1 fully saturated rings. The molecule has 0 aliphatic carbocycles. The molecule has 2 aromatic rings. The number of hydrogen-bond acceptors (Lipinski definition) is 5. The minimum absolute atomic E-state index is 0.328. The van der Waals surface area contributed by atoms with E-state index in [-0.39, 0.29) is 0 Å². The van der Waals surface area contributed by atoms with Gasteiger partial charge in [-0.3, -0.25) is 9.59 Å². The lowest BCUT2D eigenvalue weighted by Crippen LogP contribution is -2.59. The van der Waals surface area contributed by atoms with E-state index in [1.165, 1.54) is 4.90 Å². The minimum atomic E-state index is -3.70. The van der Waals surface area contributed by atoms with Crippen molar-refractivity contribution in [1.82, 2.24) is 4.90 Å². The molecule has 1 aliphatic heterocycles. The van der Waals surface area contributed by atoms with Gasteiger partial charge in [0.1, 0.15) is 12.2 Å². The maximum atomic E-state index is 13.9. The second-order valence-corrected chi connectivity index (χ2v) is 14.2. The van der Waals surface area contributed by atoms with Crippen LogP contribution in [0.3, 0.4) is 0 Å². The summed E-state index contributed by atoms with van der Waals surface area (Å²) in [5.74, 6) is -1.76. The lowest BCUT2D eigenvalue weighted by Gasteiger charge is -2.49. The first-order valence-electron chi connectivity index (χ1n) is 12.1. The number of hydrogen-bond donors (Lipinski definition) is 1. The zero-order valence-electron chi connectivity index (χ0n) is 21.5. The summed E-state index contributed by atoms with van der Waals surface area (Å²) in [7, 11) is -3.70. The Labute approximate surface area is 228 Å². The number of nitrogens with zero attached hydrogens (tertiary/aromatic N) is 1. The summed E-state index contributed by atoms with van der Waals surface area (Å²) in [4.78, 5) is 27.1. The molecule has 0 saturated carbocycles. The van der Waals surface area contributed by atoms with Gasteiger partial charge in [0.05, 0.1) is 22.5 Å². The number of ether oxygens (including phenoxy) is 1. The smallest absolute Gasteiger partial charge is 0.306 e. The molecule has 1 heterocycles. The fourth-order valence-corrected chi connectivity index (χ4v) is 7.06. The van der Waals surface area contributed by atoms with Crippen LogP contribution >= 0.6 is 23.2 Å². The summed E-state index contributed by atoms with van der Waals surface area (Å²) in [6, 6.07) is 12.4. The molecule has 1 aliphatic rings. The Kier molecular flexibility index (Phi) is 9.00. The van der Waals surface area contributed by atoms with E-state index in [0.29, 0.717) is 27.6 Å². The van der Waals surface area contributed by atoms with E-state index in [0.717, 1.165) is 0 Å². The van der Waals surface area contributed by atoms with Crippen molar-refractivity contribution in [1.29, 1.82) is 0 Å². The van der Waals surface area contributed by atoms with Crippen molar-refractivity contribution in [3.8, 4) is 0 Å². The predicted octanol–water partition coefficient (Wildman–Crippen LogP) is 5.86. The van der Waals surface area contributed by atoms with E-state index in [1.807, 2.05) is 6.92 Å². The van der Waals surface area contributed by atoms with Crippen molar-refractivity contribution < 1.29 is 27.9 Å². The van der Waals surface area contributed by atoms with Crippen molar-refractivity contribution in [2.24, 2.45) is 0 Å². The molecule has 7 nitrogen and oxygen atoms in total. The van der Waals surface area contributed by atoms with Crippen molar-refractivity contribution in [3.63, 3.8) is 0 Å². The number of halogens is 2. The van der Waals surface area contributed by atoms with Crippen LogP contribution in [0.5, 0.6) is 0 Å². The Morgan fingerprint density at radius 3 is 2.22 bits per heavy atom. The molecule has 0 bridgehead atoms. The highest BCUT2D eigenvalue weighted by atomic mass is 35.5. The molecular formula is C27H33Cl2NO6S. The molecule has 5 atom stereocenters. The molecule has 2 aromatic carbocycles. The maximum Gasteiger partial charge on any atom is 0.306 e. The predicted molar refractivity (Wildman–Crippen MR) is 145 cm³/mol. The van der Waals surface area contributed by atoms with Crippen LogP contribution in [0.25, 0.3) is 0 Å². The number of aliphatic carboxylic acids is 1. The number of sulfone groups is 1.